The third-order valence-electron chi connectivity index (χ3n) is 3.90. The van der Waals surface area contributed by atoms with E-state index in [1.807, 2.05) is 31.3 Å². The molecule has 0 aliphatic carbocycles. The smallest absolute Gasteiger partial charge is 0.114 e. The van der Waals surface area contributed by atoms with E-state index in [0.29, 0.717) is 38.3 Å². The molecule has 5 nitrogen and oxygen atoms in total. The molecular formula is C15H18ClN3O2. The largest absolute Gasteiger partial charge is 0.383 e. The van der Waals surface area contributed by atoms with Crippen LogP contribution in [-0.4, -0.2) is 33.3 Å². The summed E-state index contributed by atoms with van der Waals surface area (Å²) in [7, 11) is 0. The summed E-state index contributed by atoms with van der Waals surface area (Å²) in [4.78, 5) is 0. The van der Waals surface area contributed by atoms with Crippen molar-refractivity contribution >= 4 is 11.6 Å². The number of hydrogen-bond donors (Lipinski definition) is 1. The van der Waals surface area contributed by atoms with Crippen LogP contribution in [0.4, 0.5) is 0 Å². The summed E-state index contributed by atoms with van der Waals surface area (Å²) >= 11 is 6.03. The minimum atomic E-state index is -0.910. The van der Waals surface area contributed by atoms with Gasteiger partial charge in [-0.1, -0.05) is 28.9 Å². The van der Waals surface area contributed by atoms with Gasteiger partial charge < -0.3 is 9.84 Å². The van der Waals surface area contributed by atoms with E-state index in [9.17, 15) is 5.11 Å². The quantitative estimate of drug-likeness (QED) is 0.945. The summed E-state index contributed by atoms with van der Waals surface area (Å²) < 4.78 is 7.03. The Morgan fingerprint density at radius 1 is 1.38 bits per heavy atom. The molecule has 2 heterocycles. The van der Waals surface area contributed by atoms with Crippen LogP contribution in [0.5, 0.6) is 0 Å². The van der Waals surface area contributed by atoms with Gasteiger partial charge in [-0.2, -0.15) is 0 Å². The number of rotatable bonds is 3. The molecule has 1 aromatic heterocycles. The van der Waals surface area contributed by atoms with Crippen molar-refractivity contribution in [3.63, 3.8) is 0 Å². The zero-order chi connectivity index (χ0) is 14.9. The van der Waals surface area contributed by atoms with Crippen molar-refractivity contribution in [2.24, 2.45) is 0 Å². The summed E-state index contributed by atoms with van der Waals surface area (Å²) in [5.41, 5.74) is 1.85. The summed E-state index contributed by atoms with van der Waals surface area (Å²) in [6, 6.07) is 5.89. The zero-order valence-electron chi connectivity index (χ0n) is 11.9. The Balaban J connectivity index is 1.77. The fourth-order valence-corrected chi connectivity index (χ4v) is 2.66. The molecule has 0 amide bonds. The maximum atomic E-state index is 10.6. The highest BCUT2D eigenvalue weighted by Crippen LogP contribution is 2.30. The van der Waals surface area contributed by atoms with Gasteiger partial charge in [0, 0.05) is 31.1 Å². The van der Waals surface area contributed by atoms with Crippen LogP contribution in [-0.2, 0) is 16.9 Å². The van der Waals surface area contributed by atoms with E-state index in [1.165, 1.54) is 0 Å². The van der Waals surface area contributed by atoms with Crippen molar-refractivity contribution in [1.29, 1.82) is 0 Å². The van der Waals surface area contributed by atoms with Crippen molar-refractivity contribution in [3.05, 3.63) is 46.2 Å². The van der Waals surface area contributed by atoms with E-state index in [4.69, 9.17) is 16.3 Å². The highest BCUT2D eigenvalue weighted by atomic mass is 35.5. The number of ether oxygens (including phenoxy) is 1. The Morgan fingerprint density at radius 2 is 2.14 bits per heavy atom. The van der Waals surface area contributed by atoms with Crippen LogP contribution in [0.1, 0.15) is 29.7 Å². The molecule has 1 saturated heterocycles. The van der Waals surface area contributed by atoms with Crippen LogP contribution in [0, 0.1) is 6.92 Å². The summed E-state index contributed by atoms with van der Waals surface area (Å²) in [6.07, 6.45) is 2.94. The maximum Gasteiger partial charge on any atom is 0.114 e. The first-order valence-electron chi connectivity index (χ1n) is 7.03. The van der Waals surface area contributed by atoms with Crippen LogP contribution >= 0.6 is 11.6 Å². The third-order valence-corrected chi connectivity index (χ3v) is 4.33. The normalized spacial score (nSPS) is 17.9. The average Bonchev–Trinajstić information content (AvgIpc) is 2.93. The molecule has 1 N–H and O–H groups in total. The van der Waals surface area contributed by atoms with Crippen LogP contribution < -0.4 is 0 Å². The molecule has 0 saturated carbocycles. The first-order chi connectivity index (χ1) is 10.1. The lowest BCUT2D eigenvalue weighted by Gasteiger charge is -2.29. The van der Waals surface area contributed by atoms with Gasteiger partial charge in [-0.15, -0.1) is 5.10 Å². The lowest BCUT2D eigenvalue weighted by molar-refractivity contribution is -0.0706. The summed E-state index contributed by atoms with van der Waals surface area (Å²) in [6.45, 7) is 3.69. The second-order valence-electron chi connectivity index (χ2n) is 5.53. The molecule has 112 valence electrons. The average molecular weight is 308 g/mol. The number of aromatic nitrogens is 3. The molecule has 21 heavy (non-hydrogen) atoms. The van der Waals surface area contributed by atoms with Gasteiger partial charge in [0.1, 0.15) is 11.3 Å². The van der Waals surface area contributed by atoms with Crippen molar-refractivity contribution in [3.8, 4) is 0 Å². The van der Waals surface area contributed by atoms with Crippen LogP contribution in [0.25, 0.3) is 0 Å². The number of hydrogen-bond acceptors (Lipinski definition) is 4. The summed E-state index contributed by atoms with van der Waals surface area (Å²) in [5, 5.41) is 19.6. The molecule has 1 aliphatic rings. The number of benzene rings is 1. The molecule has 1 aromatic carbocycles. The molecule has 0 spiro atoms. The Kier molecular flexibility index (Phi) is 3.97. The highest BCUT2D eigenvalue weighted by Gasteiger charge is 2.34. The zero-order valence-corrected chi connectivity index (χ0v) is 12.7. The molecular weight excluding hydrogens is 290 g/mol. The minimum Gasteiger partial charge on any atom is -0.383 e. The van der Waals surface area contributed by atoms with E-state index >= 15 is 0 Å². The number of nitrogens with zero attached hydrogens (tertiary/aromatic N) is 3. The lowest BCUT2D eigenvalue weighted by atomic mass is 9.91. The molecule has 6 heteroatoms. The third kappa shape index (κ3) is 3.10. The van der Waals surface area contributed by atoms with Gasteiger partial charge in [0.15, 0.2) is 0 Å². The van der Waals surface area contributed by atoms with Gasteiger partial charge in [0.05, 0.1) is 12.7 Å². The van der Waals surface area contributed by atoms with E-state index in [2.05, 4.69) is 10.3 Å². The topological polar surface area (TPSA) is 60.2 Å². The van der Waals surface area contributed by atoms with E-state index in [-0.39, 0.29) is 0 Å². The van der Waals surface area contributed by atoms with E-state index in [0.717, 1.165) is 16.1 Å². The molecule has 0 atom stereocenters. The van der Waals surface area contributed by atoms with Gasteiger partial charge >= 0.3 is 0 Å². The number of aryl methyl sites for hydroxylation is 1. The Labute approximate surface area is 128 Å². The highest BCUT2D eigenvalue weighted by molar-refractivity contribution is 6.31. The van der Waals surface area contributed by atoms with Gasteiger partial charge in [-0.25, -0.2) is 4.68 Å². The fraction of sp³-hybridized carbons (Fsp3) is 0.467. The predicted molar refractivity (Wildman–Crippen MR) is 79.3 cm³/mol. The number of halogens is 1. The second-order valence-corrected chi connectivity index (χ2v) is 5.94. The first kappa shape index (κ1) is 14.5. The molecule has 0 radical (unpaired) electrons. The molecule has 3 rings (SSSR count). The maximum absolute atomic E-state index is 10.6. The lowest BCUT2D eigenvalue weighted by Crippen LogP contribution is -2.33. The van der Waals surface area contributed by atoms with Crippen LogP contribution in [0.2, 0.25) is 5.02 Å². The van der Waals surface area contributed by atoms with Gasteiger partial charge in [-0.3, -0.25) is 0 Å². The van der Waals surface area contributed by atoms with E-state index in [1.54, 1.807) is 4.68 Å². The van der Waals surface area contributed by atoms with Gasteiger partial charge in [0.2, 0.25) is 0 Å². The predicted octanol–water partition coefficient (Wildman–Crippen LogP) is 2.29. The van der Waals surface area contributed by atoms with Crippen molar-refractivity contribution in [2.45, 2.75) is 31.9 Å². The molecule has 1 aliphatic heterocycles. The van der Waals surface area contributed by atoms with Crippen molar-refractivity contribution in [1.82, 2.24) is 15.0 Å². The molecule has 2 aromatic rings. The van der Waals surface area contributed by atoms with Gasteiger partial charge in [0.25, 0.3) is 0 Å². The molecule has 0 unspecified atom stereocenters. The first-order valence-corrected chi connectivity index (χ1v) is 7.40. The fourth-order valence-electron chi connectivity index (χ4n) is 2.55. The Morgan fingerprint density at radius 3 is 2.86 bits per heavy atom. The Hall–Kier alpha value is -1.43. The van der Waals surface area contributed by atoms with Crippen molar-refractivity contribution < 1.29 is 9.84 Å². The monoisotopic (exact) mass is 307 g/mol. The number of aliphatic hydroxyl groups is 1. The Bertz CT molecular complexity index is 636. The summed E-state index contributed by atoms with van der Waals surface area (Å²) in [5.74, 6) is 0. The van der Waals surface area contributed by atoms with Crippen LogP contribution in [0.15, 0.2) is 24.4 Å². The van der Waals surface area contributed by atoms with Gasteiger partial charge in [-0.05, 0) is 24.1 Å². The second kappa shape index (κ2) is 5.75. The molecule has 0 bridgehead atoms. The van der Waals surface area contributed by atoms with Crippen molar-refractivity contribution in [2.75, 3.05) is 13.2 Å². The minimum absolute atomic E-state index is 0.555. The van der Waals surface area contributed by atoms with Crippen LogP contribution in [0.3, 0.4) is 0 Å². The SMILES string of the molecule is Cc1cc(Cn2cc(C3(O)CCOCC3)nn2)ccc1Cl. The van der Waals surface area contributed by atoms with E-state index < -0.39 is 5.60 Å². The standard InChI is InChI=1S/C15H18ClN3O2/c1-11-8-12(2-3-13(11)16)9-19-10-14(17-18-19)15(20)4-6-21-7-5-15/h2-3,8,10,20H,4-7,9H2,1H3. The molecule has 1 fully saturated rings.